The van der Waals surface area contributed by atoms with Crippen LogP contribution in [0.4, 0.5) is 0 Å². The number of thiophene rings is 1. The molecule has 0 saturated carbocycles. The Morgan fingerprint density at radius 1 is 1.16 bits per heavy atom. The largest absolute Gasteiger partial charge is 0.338 e. The van der Waals surface area contributed by atoms with Crippen molar-refractivity contribution in [1.29, 1.82) is 0 Å². The number of piperidine rings is 1. The predicted molar refractivity (Wildman–Crippen MR) is 127 cm³/mol. The first kappa shape index (κ1) is 22.0. The van der Waals surface area contributed by atoms with Crippen molar-refractivity contribution in [2.75, 3.05) is 19.6 Å². The minimum absolute atomic E-state index is 0.0279. The molecule has 1 aromatic carbocycles. The monoisotopic (exact) mass is 473 g/mol. The van der Waals surface area contributed by atoms with Gasteiger partial charge in [0.1, 0.15) is 10.7 Å². The van der Waals surface area contributed by atoms with Crippen molar-refractivity contribution >= 4 is 46.1 Å². The number of amides is 2. The summed E-state index contributed by atoms with van der Waals surface area (Å²) in [6.07, 6.45) is 2.44. The van der Waals surface area contributed by atoms with Gasteiger partial charge < -0.3 is 9.80 Å². The van der Waals surface area contributed by atoms with E-state index in [1.807, 2.05) is 57.6 Å². The molecule has 1 aliphatic heterocycles. The van der Waals surface area contributed by atoms with Gasteiger partial charge in [-0.05, 0) is 43.5 Å². The molecule has 0 unspecified atom stereocenters. The molecule has 1 fully saturated rings. The summed E-state index contributed by atoms with van der Waals surface area (Å²) in [6.45, 7) is 4.08. The van der Waals surface area contributed by atoms with Crippen LogP contribution in [0.5, 0.6) is 0 Å². The fraction of sp³-hybridized carbons (Fsp3) is 0.348. The van der Waals surface area contributed by atoms with Gasteiger partial charge in [0.25, 0.3) is 11.8 Å². The number of thiazole rings is 1. The van der Waals surface area contributed by atoms with E-state index in [2.05, 4.69) is 11.9 Å². The molecule has 1 saturated heterocycles. The lowest BCUT2D eigenvalue weighted by Crippen LogP contribution is -2.49. The molecule has 4 rings (SSSR count). The molecule has 31 heavy (non-hydrogen) atoms. The maximum absolute atomic E-state index is 13.3. The quantitative estimate of drug-likeness (QED) is 0.462. The molecular formula is C23H24ClN3O2S2. The Labute approximate surface area is 195 Å². The molecule has 1 aliphatic rings. The third-order valence-electron chi connectivity index (χ3n) is 5.45. The number of nitrogens with zero attached hydrogens (tertiary/aromatic N) is 3. The highest BCUT2D eigenvalue weighted by atomic mass is 35.5. The highest BCUT2D eigenvalue weighted by Crippen LogP contribution is 2.33. The van der Waals surface area contributed by atoms with Crippen LogP contribution in [-0.4, -0.2) is 52.3 Å². The Balaban J connectivity index is 1.43. The summed E-state index contributed by atoms with van der Waals surface area (Å²) >= 11 is 8.97. The maximum atomic E-state index is 13.3. The van der Waals surface area contributed by atoms with E-state index in [1.165, 1.54) is 22.7 Å². The van der Waals surface area contributed by atoms with Crippen LogP contribution in [0.25, 0.3) is 9.88 Å². The summed E-state index contributed by atoms with van der Waals surface area (Å²) in [6, 6.07) is 13.3. The van der Waals surface area contributed by atoms with Crippen LogP contribution >= 0.6 is 34.3 Å². The lowest BCUT2D eigenvalue weighted by atomic mass is 10.0. The smallest absolute Gasteiger partial charge is 0.273 e. The van der Waals surface area contributed by atoms with E-state index in [0.717, 1.165) is 29.1 Å². The number of benzene rings is 1. The summed E-state index contributed by atoms with van der Waals surface area (Å²) in [4.78, 5) is 35.4. The fourth-order valence-corrected chi connectivity index (χ4v) is 5.81. The Hall–Kier alpha value is -2.22. The van der Waals surface area contributed by atoms with E-state index in [1.54, 1.807) is 0 Å². The number of halogens is 1. The van der Waals surface area contributed by atoms with Gasteiger partial charge in [-0.2, -0.15) is 0 Å². The Morgan fingerprint density at radius 3 is 2.55 bits per heavy atom. The van der Waals surface area contributed by atoms with Crippen molar-refractivity contribution in [3.05, 3.63) is 63.4 Å². The van der Waals surface area contributed by atoms with E-state index >= 15 is 0 Å². The fourth-order valence-electron chi connectivity index (χ4n) is 3.90. The van der Waals surface area contributed by atoms with Gasteiger partial charge in [-0.1, -0.05) is 36.7 Å². The first-order chi connectivity index (χ1) is 15.1. The molecule has 5 nitrogen and oxygen atoms in total. The van der Waals surface area contributed by atoms with Gasteiger partial charge >= 0.3 is 0 Å². The molecule has 2 amide bonds. The van der Waals surface area contributed by atoms with Crippen molar-refractivity contribution in [2.45, 2.75) is 32.2 Å². The summed E-state index contributed by atoms with van der Waals surface area (Å²) in [7, 11) is 0. The second kappa shape index (κ2) is 9.94. The molecule has 0 spiro atoms. The summed E-state index contributed by atoms with van der Waals surface area (Å²) in [5.41, 5.74) is 1.20. The lowest BCUT2D eigenvalue weighted by molar-refractivity contribution is 0.0516. The number of hydrogen-bond acceptors (Lipinski definition) is 5. The molecule has 3 heterocycles. The molecule has 3 aromatic rings. The molecule has 162 valence electrons. The number of aromatic nitrogens is 1. The highest BCUT2D eigenvalue weighted by molar-refractivity contribution is 7.23. The number of carbonyl (C=O) groups excluding carboxylic acids is 2. The van der Waals surface area contributed by atoms with Gasteiger partial charge in [-0.25, -0.2) is 4.98 Å². The van der Waals surface area contributed by atoms with E-state index in [4.69, 9.17) is 11.6 Å². The zero-order chi connectivity index (χ0) is 21.8. The van der Waals surface area contributed by atoms with E-state index < -0.39 is 0 Å². The molecule has 0 bridgehead atoms. The molecular weight excluding hydrogens is 450 g/mol. The number of hydrogen-bond donors (Lipinski definition) is 0. The topological polar surface area (TPSA) is 53.5 Å². The second-order valence-corrected chi connectivity index (χ2v) is 10.1. The zero-order valence-corrected chi connectivity index (χ0v) is 19.7. The molecule has 2 aromatic heterocycles. The van der Waals surface area contributed by atoms with E-state index in [0.29, 0.717) is 35.2 Å². The molecule has 8 heteroatoms. The van der Waals surface area contributed by atoms with Gasteiger partial charge in [0.05, 0.1) is 9.21 Å². The van der Waals surface area contributed by atoms with Crippen LogP contribution in [0.2, 0.25) is 4.34 Å². The van der Waals surface area contributed by atoms with Crippen molar-refractivity contribution in [2.24, 2.45) is 0 Å². The Morgan fingerprint density at radius 2 is 1.90 bits per heavy atom. The standard InChI is InChI=1S/C23H24ClN3O2S2/c1-2-12-27(23(29)18-15-30-21(25-18)19-8-9-20(24)31-19)17-10-13-26(14-11-17)22(28)16-6-4-3-5-7-16/h3-9,15,17H,2,10-14H2,1H3. The summed E-state index contributed by atoms with van der Waals surface area (Å²) in [5.74, 6) is 0.0333. The van der Waals surface area contributed by atoms with Crippen LogP contribution in [0.3, 0.4) is 0 Å². The van der Waals surface area contributed by atoms with Gasteiger partial charge in [-0.15, -0.1) is 22.7 Å². The summed E-state index contributed by atoms with van der Waals surface area (Å²) < 4.78 is 0.711. The number of likely N-dealkylation sites (tertiary alicyclic amines) is 1. The highest BCUT2D eigenvalue weighted by Gasteiger charge is 2.31. The SMILES string of the molecule is CCCN(C(=O)c1csc(-c2ccc(Cl)s2)n1)C1CCN(C(=O)c2ccccc2)CC1. The van der Waals surface area contributed by atoms with E-state index in [9.17, 15) is 9.59 Å². The van der Waals surface area contributed by atoms with Crippen LogP contribution in [0.1, 0.15) is 47.0 Å². The number of rotatable bonds is 6. The first-order valence-electron chi connectivity index (χ1n) is 10.4. The lowest BCUT2D eigenvalue weighted by Gasteiger charge is -2.38. The summed E-state index contributed by atoms with van der Waals surface area (Å²) in [5, 5.41) is 2.65. The van der Waals surface area contributed by atoms with Gasteiger partial charge in [0.15, 0.2) is 0 Å². The van der Waals surface area contributed by atoms with Crippen molar-refractivity contribution in [3.63, 3.8) is 0 Å². The van der Waals surface area contributed by atoms with Gasteiger partial charge in [0.2, 0.25) is 0 Å². The Bertz CT molecular complexity index is 1040. The number of carbonyl (C=O) groups is 2. The third-order valence-corrected chi connectivity index (χ3v) is 7.69. The van der Waals surface area contributed by atoms with Crippen LogP contribution < -0.4 is 0 Å². The minimum atomic E-state index is -0.0279. The first-order valence-corrected chi connectivity index (χ1v) is 12.5. The maximum Gasteiger partial charge on any atom is 0.273 e. The zero-order valence-electron chi connectivity index (χ0n) is 17.3. The average Bonchev–Trinajstić information content (AvgIpc) is 3.46. The minimum Gasteiger partial charge on any atom is -0.338 e. The van der Waals surface area contributed by atoms with Crippen molar-refractivity contribution in [3.8, 4) is 9.88 Å². The molecule has 0 atom stereocenters. The van der Waals surface area contributed by atoms with Crippen LogP contribution in [0.15, 0.2) is 47.8 Å². The molecule has 0 N–H and O–H groups in total. The van der Waals surface area contributed by atoms with E-state index in [-0.39, 0.29) is 17.9 Å². The molecule has 0 aliphatic carbocycles. The molecule has 0 radical (unpaired) electrons. The van der Waals surface area contributed by atoms with Crippen molar-refractivity contribution in [1.82, 2.24) is 14.8 Å². The third kappa shape index (κ3) is 5.00. The van der Waals surface area contributed by atoms with Crippen molar-refractivity contribution < 1.29 is 9.59 Å². The van der Waals surface area contributed by atoms with Gasteiger partial charge in [0, 0.05) is 36.6 Å². The predicted octanol–water partition coefficient (Wildman–Crippen LogP) is 5.68. The Kier molecular flexibility index (Phi) is 7.05. The second-order valence-electron chi connectivity index (χ2n) is 7.53. The van der Waals surface area contributed by atoms with Crippen LogP contribution in [-0.2, 0) is 0 Å². The average molecular weight is 474 g/mol. The van der Waals surface area contributed by atoms with Gasteiger partial charge in [-0.3, -0.25) is 9.59 Å². The van der Waals surface area contributed by atoms with Crippen LogP contribution in [0, 0.1) is 0 Å². The normalized spacial score (nSPS) is 14.6.